The molecule has 17 heavy (non-hydrogen) atoms. The largest absolute Gasteiger partial charge is 0.316 e. The van der Waals surface area contributed by atoms with Gasteiger partial charge in [0.05, 0.1) is 5.69 Å². The molecule has 0 aliphatic heterocycles. The van der Waals surface area contributed by atoms with Gasteiger partial charge < -0.3 is 11.1 Å². The molecule has 5 nitrogen and oxygen atoms in total. The van der Waals surface area contributed by atoms with Gasteiger partial charge in [-0.2, -0.15) is 5.10 Å². The number of rotatable bonds is 3. The summed E-state index contributed by atoms with van der Waals surface area (Å²) in [7, 11) is 1.78. The molecule has 0 saturated carbocycles. The first-order chi connectivity index (χ1) is 8.08. The highest BCUT2D eigenvalue weighted by Gasteiger charge is 2.17. The molecule has 2 aromatic heterocycles. The van der Waals surface area contributed by atoms with E-state index >= 15 is 0 Å². The van der Waals surface area contributed by atoms with Crippen molar-refractivity contribution in [1.29, 1.82) is 0 Å². The molecule has 0 bridgehead atoms. The molecule has 2 heterocycles. The Kier molecular flexibility index (Phi) is 3.26. The zero-order valence-corrected chi connectivity index (χ0v) is 10.5. The average molecular weight is 250 g/mol. The number of carbonyl (C=O) groups is 1. The van der Waals surface area contributed by atoms with Crippen LogP contribution in [-0.4, -0.2) is 15.7 Å². The maximum Gasteiger partial charge on any atom is 0.247 e. The lowest BCUT2D eigenvalue weighted by molar-refractivity contribution is -0.117. The van der Waals surface area contributed by atoms with Gasteiger partial charge in [0, 0.05) is 18.0 Å². The van der Waals surface area contributed by atoms with Crippen molar-refractivity contribution in [3.8, 4) is 0 Å². The zero-order chi connectivity index (χ0) is 12.4. The van der Waals surface area contributed by atoms with Gasteiger partial charge in [-0.1, -0.05) is 6.07 Å². The number of nitrogens with one attached hydrogen (secondary N) is 1. The summed E-state index contributed by atoms with van der Waals surface area (Å²) in [4.78, 5) is 12.8. The summed E-state index contributed by atoms with van der Waals surface area (Å²) in [5.74, 6) is 0.426. The van der Waals surface area contributed by atoms with E-state index in [-0.39, 0.29) is 5.91 Å². The summed E-state index contributed by atoms with van der Waals surface area (Å²) >= 11 is 1.47. The van der Waals surface area contributed by atoms with Crippen LogP contribution in [0.3, 0.4) is 0 Å². The highest BCUT2D eigenvalue weighted by atomic mass is 32.1. The third-order valence-corrected chi connectivity index (χ3v) is 3.34. The molecule has 0 fully saturated rings. The SMILES string of the molecule is Cc1cc(NC(=O)C(N)c2cccs2)n(C)n1. The summed E-state index contributed by atoms with van der Waals surface area (Å²) in [5, 5.41) is 8.81. The predicted octanol–water partition coefficient (Wildman–Crippen LogP) is 1.43. The van der Waals surface area contributed by atoms with Crippen LogP contribution in [0, 0.1) is 6.92 Å². The van der Waals surface area contributed by atoms with Crippen LogP contribution in [0.25, 0.3) is 0 Å². The fourth-order valence-electron chi connectivity index (χ4n) is 1.53. The highest BCUT2D eigenvalue weighted by Crippen LogP contribution is 2.18. The molecule has 0 aromatic carbocycles. The minimum atomic E-state index is -0.634. The first-order valence-electron chi connectivity index (χ1n) is 5.18. The van der Waals surface area contributed by atoms with Crippen molar-refractivity contribution >= 4 is 23.1 Å². The number of nitrogens with zero attached hydrogens (tertiary/aromatic N) is 2. The molecule has 2 rings (SSSR count). The van der Waals surface area contributed by atoms with Crippen molar-refractivity contribution in [2.75, 3.05) is 5.32 Å². The Morgan fingerprint density at radius 1 is 1.65 bits per heavy atom. The van der Waals surface area contributed by atoms with Crippen molar-refractivity contribution < 1.29 is 4.79 Å². The van der Waals surface area contributed by atoms with E-state index in [0.717, 1.165) is 10.6 Å². The maximum absolute atomic E-state index is 11.9. The molecule has 90 valence electrons. The Bertz CT molecular complexity index is 518. The lowest BCUT2D eigenvalue weighted by Gasteiger charge is -2.10. The van der Waals surface area contributed by atoms with Gasteiger partial charge in [-0.15, -0.1) is 11.3 Å². The Labute approximate surface area is 103 Å². The number of amides is 1. The van der Waals surface area contributed by atoms with E-state index in [0.29, 0.717) is 5.82 Å². The standard InChI is InChI=1S/C11H14N4OS/c1-7-6-9(15(2)14-7)13-11(16)10(12)8-4-3-5-17-8/h3-6,10H,12H2,1-2H3,(H,13,16). The molecule has 1 unspecified atom stereocenters. The number of carbonyl (C=O) groups excluding carboxylic acids is 1. The molecule has 0 aliphatic rings. The second kappa shape index (κ2) is 4.68. The van der Waals surface area contributed by atoms with E-state index in [1.807, 2.05) is 24.4 Å². The van der Waals surface area contributed by atoms with Gasteiger partial charge in [0.15, 0.2) is 0 Å². The van der Waals surface area contributed by atoms with Gasteiger partial charge in [-0.05, 0) is 18.4 Å². The lowest BCUT2D eigenvalue weighted by atomic mass is 10.2. The second-order valence-corrected chi connectivity index (χ2v) is 4.76. The summed E-state index contributed by atoms with van der Waals surface area (Å²) in [6, 6.07) is 4.90. The predicted molar refractivity (Wildman–Crippen MR) is 67.8 cm³/mol. The van der Waals surface area contributed by atoms with Crippen LogP contribution in [0.5, 0.6) is 0 Å². The quantitative estimate of drug-likeness (QED) is 0.865. The van der Waals surface area contributed by atoms with E-state index < -0.39 is 6.04 Å². The maximum atomic E-state index is 11.9. The smallest absolute Gasteiger partial charge is 0.247 e. The first kappa shape index (κ1) is 11.8. The van der Waals surface area contributed by atoms with E-state index in [1.54, 1.807) is 17.8 Å². The minimum Gasteiger partial charge on any atom is -0.316 e. The topological polar surface area (TPSA) is 72.9 Å². The van der Waals surface area contributed by atoms with Crippen molar-refractivity contribution in [2.45, 2.75) is 13.0 Å². The Balaban J connectivity index is 2.09. The number of hydrogen-bond acceptors (Lipinski definition) is 4. The van der Waals surface area contributed by atoms with Gasteiger partial charge in [0.1, 0.15) is 11.9 Å². The van der Waals surface area contributed by atoms with Crippen molar-refractivity contribution in [2.24, 2.45) is 12.8 Å². The third kappa shape index (κ3) is 2.54. The van der Waals surface area contributed by atoms with Crippen LogP contribution in [0.15, 0.2) is 23.6 Å². The molecule has 0 saturated heterocycles. The minimum absolute atomic E-state index is 0.226. The van der Waals surface area contributed by atoms with E-state index in [2.05, 4.69) is 10.4 Å². The number of aryl methyl sites for hydroxylation is 2. The Morgan fingerprint density at radius 3 is 2.94 bits per heavy atom. The van der Waals surface area contributed by atoms with Crippen LogP contribution in [0.2, 0.25) is 0 Å². The number of nitrogens with two attached hydrogens (primary N) is 1. The monoisotopic (exact) mass is 250 g/mol. The fraction of sp³-hybridized carbons (Fsp3) is 0.273. The van der Waals surface area contributed by atoms with Gasteiger partial charge in [-0.25, -0.2) is 0 Å². The summed E-state index contributed by atoms with van der Waals surface area (Å²) in [6.07, 6.45) is 0. The second-order valence-electron chi connectivity index (χ2n) is 3.78. The number of thiophene rings is 1. The summed E-state index contributed by atoms with van der Waals surface area (Å²) in [5.41, 5.74) is 6.71. The van der Waals surface area contributed by atoms with Crippen molar-refractivity contribution in [3.05, 3.63) is 34.2 Å². The first-order valence-corrected chi connectivity index (χ1v) is 6.06. The van der Waals surface area contributed by atoms with Crippen LogP contribution >= 0.6 is 11.3 Å². The van der Waals surface area contributed by atoms with E-state index in [9.17, 15) is 4.79 Å². The Hall–Kier alpha value is -1.66. The van der Waals surface area contributed by atoms with Crippen LogP contribution in [0.1, 0.15) is 16.6 Å². The molecule has 1 amide bonds. The average Bonchev–Trinajstić information content (AvgIpc) is 2.88. The molecular weight excluding hydrogens is 236 g/mol. The molecule has 0 spiro atoms. The molecule has 3 N–H and O–H groups in total. The summed E-state index contributed by atoms with van der Waals surface area (Å²) in [6.45, 7) is 1.87. The zero-order valence-electron chi connectivity index (χ0n) is 9.68. The normalized spacial score (nSPS) is 12.4. The highest BCUT2D eigenvalue weighted by molar-refractivity contribution is 7.10. The van der Waals surface area contributed by atoms with Gasteiger partial charge in [0.25, 0.3) is 0 Å². The number of aromatic nitrogens is 2. The van der Waals surface area contributed by atoms with Crippen LogP contribution < -0.4 is 11.1 Å². The molecular formula is C11H14N4OS. The summed E-state index contributed by atoms with van der Waals surface area (Å²) < 4.78 is 1.62. The molecule has 2 aromatic rings. The van der Waals surface area contributed by atoms with Gasteiger partial charge in [0.2, 0.25) is 5.91 Å². The molecule has 6 heteroatoms. The van der Waals surface area contributed by atoms with Gasteiger partial charge in [-0.3, -0.25) is 9.48 Å². The lowest BCUT2D eigenvalue weighted by Crippen LogP contribution is -2.27. The van der Waals surface area contributed by atoms with Crippen LogP contribution in [0.4, 0.5) is 5.82 Å². The van der Waals surface area contributed by atoms with Crippen molar-refractivity contribution in [1.82, 2.24) is 9.78 Å². The van der Waals surface area contributed by atoms with Gasteiger partial charge >= 0.3 is 0 Å². The fourth-order valence-corrected chi connectivity index (χ4v) is 2.25. The molecule has 1 atom stereocenters. The van der Waals surface area contributed by atoms with Crippen molar-refractivity contribution in [3.63, 3.8) is 0 Å². The van der Waals surface area contributed by atoms with E-state index in [4.69, 9.17) is 5.73 Å². The number of hydrogen-bond donors (Lipinski definition) is 2. The van der Waals surface area contributed by atoms with E-state index in [1.165, 1.54) is 11.3 Å². The molecule has 0 aliphatic carbocycles. The molecule has 0 radical (unpaired) electrons. The third-order valence-electron chi connectivity index (χ3n) is 2.39. The Morgan fingerprint density at radius 2 is 2.41 bits per heavy atom. The van der Waals surface area contributed by atoms with Crippen LogP contribution in [-0.2, 0) is 11.8 Å². The number of anilines is 1.